The number of benzene rings is 1. The number of nitro groups is 1. The quantitative estimate of drug-likeness (QED) is 0.669. The fourth-order valence-electron chi connectivity index (χ4n) is 2.04. The second-order valence-electron chi connectivity index (χ2n) is 4.54. The van der Waals surface area contributed by atoms with Gasteiger partial charge in [-0.25, -0.2) is 0 Å². The highest BCUT2D eigenvalue weighted by Crippen LogP contribution is 2.31. The minimum atomic E-state index is -0.382. The standard InChI is InChI=1S/C12H15BrN2O3/c13-10-2-1-9(12(5-10)15(16)17)7-18-11-3-8(4-11)6-14/h1-2,5,8,11H,3-4,6-7,14H2. The van der Waals surface area contributed by atoms with Crippen LogP contribution in [0, 0.1) is 16.0 Å². The Morgan fingerprint density at radius 3 is 2.83 bits per heavy atom. The maximum Gasteiger partial charge on any atom is 0.276 e. The van der Waals surface area contributed by atoms with E-state index in [0.717, 1.165) is 12.8 Å². The number of nitro benzene ring substituents is 1. The van der Waals surface area contributed by atoms with E-state index in [2.05, 4.69) is 15.9 Å². The molecule has 0 aliphatic heterocycles. The van der Waals surface area contributed by atoms with Crippen molar-refractivity contribution in [3.63, 3.8) is 0 Å². The molecular formula is C12H15BrN2O3. The number of hydrogen-bond acceptors (Lipinski definition) is 4. The first-order valence-corrected chi connectivity index (χ1v) is 6.64. The summed E-state index contributed by atoms with van der Waals surface area (Å²) in [6.07, 6.45) is 2.11. The Kier molecular flexibility index (Phi) is 4.31. The molecule has 0 unspecified atom stereocenters. The predicted octanol–water partition coefficient (Wildman–Crippen LogP) is 2.61. The molecule has 0 radical (unpaired) electrons. The maximum atomic E-state index is 10.9. The van der Waals surface area contributed by atoms with Gasteiger partial charge in [-0.1, -0.05) is 15.9 Å². The Hall–Kier alpha value is -0.980. The second kappa shape index (κ2) is 5.77. The molecule has 6 heteroatoms. The van der Waals surface area contributed by atoms with Crippen LogP contribution in [0.15, 0.2) is 22.7 Å². The van der Waals surface area contributed by atoms with Gasteiger partial charge in [0, 0.05) is 10.5 Å². The molecule has 0 heterocycles. The topological polar surface area (TPSA) is 78.4 Å². The molecule has 2 N–H and O–H groups in total. The summed E-state index contributed by atoms with van der Waals surface area (Å²) in [7, 11) is 0. The van der Waals surface area contributed by atoms with Crippen molar-refractivity contribution in [1.29, 1.82) is 0 Å². The molecule has 1 aliphatic carbocycles. The van der Waals surface area contributed by atoms with Crippen LogP contribution >= 0.6 is 15.9 Å². The Morgan fingerprint density at radius 2 is 2.22 bits per heavy atom. The number of hydrogen-bond donors (Lipinski definition) is 1. The van der Waals surface area contributed by atoms with E-state index in [0.29, 0.717) is 22.5 Å². The van der Waals surface area contributed by atoms with Gasteiger partial charge in [0.2, 0.25) is 0 Å². The smallest absolute Gasteiger partial charge is 0.276 e. The third kappa shape index (κ3) is 3.07. The first-order valence-electron chi connectivity index (χ1n) is 5.84. The van der Waals surface area contributed by atoms with E-state index < -0.39 is 0 Å². The lowest BCUT2D eigenvalue weighted by Gasteiger charge is -2.34. The van der Waals surface area contributed by atoms with Crippen molar-refractivity contribution in [2.75, 3.05) is 6.54 Å². The highest BCUT2D eigenvalue weighted by molar-refractivity contribution is 9.10. The second-order valence-corrected chi connectivity index (χ2v) is 5.45. The highest BCUT2D eigenvalue weighted by Gasteiger charge is 2.29. The van der Waals surface area contributed by atoms with E-state index in [1.165, 1.54) is 6.07 Å². The lowest BCUT2D eigenvalue weighted by molar-refractivity contribution is -0.386. The normalized spacial score (nSPS) is 22.6. The molecular weight excluding hydrogens is 300 g/mol. The molecule has 1 saturated carbocycles. The molecule has 1 fully saturated rings. The predicted molar refractivity (Wildman–Crippen MR) is 71.2 cm³/mol. The lowest BCUT2D eigenvalue weighted by atomic mass is 9.82. The van der Waals surface area contributed by atoms with E-state index in [-0.39, 0.29) is 23.3 Å². The summed E-state index contributed by atoms with van der Waals surface area (Å²) < 4.78 is 6.35. The van der Waals surface area contributed by atoms with E-state index in [9.17, 15) is 10.1 Å². The minimum Gasteiger partial charge on any atom is -0.373 e. The molecule has 0 aromatic heterocycles. The van der Waals surface area contributed by atoms with Crippen LogP contribution < -0.4 is 5.73 Å². The van der Waals surface area contributed by atoms with Crippen LogP contribution in [0.2, 0.25) is 0 Å². The molecule has 0 saturated heterocycles. The van der Waals surface area contributed by atoms with Gasteiger partial charge < -0.3 is 10.5 Å². The van der Waals surface area contributed by atoms with Crippen molar-refractivity contribution in [2.45, 2.75) is 25.6 Å². The summed E-state index contributed by atoms with van der Waals surface area (Å²) in [5.41, 5.74) is 6.24. The largest absolute Gasteiger partial charge is 0.373 e. The summed E-state index contributed by atoms with van der Waals surface area (Å²) in [5.74, 6) is 0.551. The van der Waals surface area contributed by atoms with E-state index in [4.69, 9.17) is 10.5 Å². The monoisotopic (exact) mass is 314 g/mol. The van der Waals surface area contributed by atoms with Crippen LogP contribution in [0.25, 0.3) is 0 Å². The van der Waals surface area contributed by atoms with Crippen molar-refractivity contribution in [3.8, 4) is 0 Å². The number of nitrogens with two attached hydrogens (primary N) is 1. The molecule has 1 aromatic rings. The Labute approximate surface area is 114 Å². The third-order valence-electron chi connectivity index (χ3n) is 3.24. The Bertz CT molecular complexity index is 447. The molecule has 0 bridgehead atoms. The average molecular weight is 315 g/mol. The van der Waals surface area contributed by atoms with E-state index in [1.54, 1.807) is 12.1 Å². The van der Waals surface area contributed by atoms with Gasteiger partial charge in [0.25, 0.3) is 5.69 Å². The minimum absolute atomic E-state index is 0.0964. The van der Waals surface area contributed by atoms with Gasteiger partial charge in [0.05, 0.1) is 23.2 Å². The first-order chi connectivity index (χ1) is 8.60. The van der Waals surface area contributed by atoms with Crippen molar-refractivity contribution in [1.82, 2.24) is 0 Å². The fraction of sp³-hybridized carbons (Fsp3) is 0.500. The SMILES string of the molecule is NCC1CC(OCc2ccc(Br)cc2[N+](=O)[O-])C1. The zero-order valence-electron chi connectivity index (χ0n) is 9.84. The van der Waals surface area contributed by atoms with Gasteiger partial charge in [0.15, 0.2) is 0 Å². The summed E-state index contributed by atoms with van der Waals surface area (Å²) in [6, 6.07) is 5.01. The Morgan fingerprint density at radius 1 is 1.50 bits per heavy atom. The number of ether oxygens (including phenoxy) is 1. The first kappa shape index (κ1) is 13.5. The maximum absolute atomic E-state index is 10.9. The van der Waals surface area contributed by atoms with E-state index >= 15 is 0 Å². The van der Waals surface area contributed by atoms with Crippen molar-refractivity contribution < 1.29 is 9.66 Å². The van der Waals surface area contributed by atoms with Gasteiger partial charge >= 0.3 is 0 Å². The van der Waals surface area contributed by atoms with Crippen LogP contribution in [0.4, 0.5) is 5.69 Å². The zero-order chi connectivity index (χ0) is 13.1. The van der Waals surface area contributed by atoms with Crippen molar-refractivity contribution >= 4 is 21.6 Å². The molecule has 1 aliphatic rings. The van der Waals surface area contributed by atoms with Crippen LogP contribution in [-0.4, -0.2) is 17.6 Å². The summed E-state index contributed by atoms with van der Waals surface area (Å²) in [4.78, 5) is 10.5. The molecule has 98 valence electrons. The summed E-state index contributed by atoms with van der Waals surface area (Å²) in [5, 5.41) is 10.9. The van der Waals surface area contributed by atoms with Crippen LogP contribution in [0.1, 0.15) is 18.4 Å². The van der Waals surface area contributed by atoms with Gasteiger partial charge in [-0.2, -0.15) is 0 Å². The molecule has 5 nitrogen and oxygen atoms in total. The lowest BCUT2D eigenvalue weighted by Crippen LogP contribution is -2.35. The van der Waals surface area contributed by atoms with Gasteiger partial charge in [-0.15, -0.1) is 0 Å². The van der Waals surface area contributed by atoms with Crippen molar-refractivity contribution in [2.24, 2.45) is 11.7 Å². The van der Waals surface area contributed by atoms with Crippen LogP contribution in [0.5, 0.6) is 0 Å². The van der Waals surface area contributed by atoms with Gasteiger partial charge in [0.1, 0.15) is 0 Å². The van der Waals surface area contributed by atoms with Crippen LogP contribution in [-0.2, 0) is 11.3 Å². The molecule has 2 rings (SSSR count). The number of nitrogens with zero attached hydrogens (tertiary/aromatic N) is 1. The highest BCUT2D eigenvalue weighted by atomic mass is 79.9. The molecule has 0 atom stereocenters. The van der Waals surface area contributed by atoms with Gasteiger partial charge in [-0.05, 0) is 37.4 Å². The molecule has 1 aromatic carbocycles. The number of rotatable bonds is 5. The Balaban J connectivity index is 1.95. The summed E-state index contributed by atoms with van der Waals surface area (Å²) in [6.45, 7) is 0.976. The summed E-state index contributed by atoms with van der Waals surface area (Å²) >= 11 is 3.23. The zero-order valence-corrected chi connectivity index (χ0v) is 11.4. The molecule has 0 spiro atoms. The number of halogens is 1. The average Bonchev–Trinajstić information content (AvgIpc) is 2.28. The third-order valence-corrected chi connectivity index (χ3v) is 3.74. The van der Waals surface area contributed by atoms with Crippen molar-refractivity contribution in [3.05, 3.63) is 38.3 Å². The van der Waals surface area contributed by atoms with E-state index in [1.807, 2.05) is 0 Å². The molecule has 0 amide bonds. The molecule has 18 heavy (non-hydrogen) atoms. The van der Waals surface area contributed by atoms with Crippen LogP contribution in [0.3, 0.4) is 0 Å². The fourth-order valence-corrected chi connectivity index (χ4v) is 2.39. The van der Waals surface area contributed by atoms with Gasteiger partial charge in [-0.3, -0.25) is 10.1 Å².